The third-order valence-electron chi connectivity index (χ3n) is 2.04. The maximum absolute atomic E-state index is 8.69. The second-order valence-corrected chi connectivity index (χ2v) is 4.19. The third kappa shape index (κ3) is 2.36. The molecule has 0 amide bonds. The van der Waals surface area contributed by atoms with Crippen molar-refractivity contribution in [1.82, 2.24) is 19.7 Å². The lowest BCUT2D eigenvalue weighted by Crippen LogP contribution is -2.14. The number of aryl methyl sites for hydroxylation is 1. The summed E-state index contributed by atoms with van der Waals surface area (Å²) in [4.78, 5) is 4.75. The largest absolute Gasteiger partial charge is 0.409 e. The Balaban J connectivity index is 2.36. The van der Waals surface area contributed by atoms with Crippen LogP contribution >= 0.6 is 11.8 Å². The standard InChI is InChI=1S/C9H10N6OS/c1-15-5-12-13-9(15)17-7-4-11-3-2-6(7)8(10)14-16/h2-5,16H,1H3,(H2,10,14). The molecule has 8 heteroatoms. The van der Waals surface area contributed by atoms with Crippen molar-refractivity contribution in [3.8, 4) is 0 Å². The maximum atomic E-state index is 8.69. The van der Waals surface area contributed by atoms with Gasteiger partial charge in [0.15, 0.2) is 11.0 Å². The Hall–Kier alpha value is -2.09. The Kier molecular flexibility index (Phi) is 3.24. The second kappa shape index (κ2) is 4.83. The van der Waals surface area contributed by atoms with E-state index in [4.69, 9.17) is 10.9 Å². The molecule has 2 aromatic heterocycles. The molecule has 7 nitrogen and oxygen atoms in total. The summed E-state index contributed by atoms with van der Waals surface area (Å²) in [6.45, 7) is 0. The van der Waals surface area contributed by atoms with Crippen molar-refractivity contribution in [3.63, 3.8) is 0 Å². The van der Waals surface area contributed by atoms with E-state index in [1.807, 2.05) is 7.05 Å². The summed E-state index contributed by atoms with van der Waals surface area (Å²) in [6, 6.07) is 1.67. The van der Waals surface area contributed by atoms with Crippen molar-refractivity contribution in [2.75, 3.05) is 0 Å². The molecular formula is C9H10N6OS. The van der Waals surface area contributed by atoms with E-state index in [2.05, 4.69) is 20.3 Å². The molecule has 88 valence electrons. The maximum Gasteiger partial charge on any atom is 0.195 e. The minimum absolute atomic E-state index is 0.0390. The molecule has 0 bridgehead atoms. The van der Waals surface area contributed by atoms with Gasteiger partial charge in [-0.25, -0.2) is 0 Å². The Morgan fingerprint density at radius 2 is 2.41 bits per heavy atom. The number of aromatic nitrogens is 4. The number of hydrogen-bond donors (Lipinski definition) is 2. The highest BCUT2D eigenvalue weighted by molar-refractivity contribution is 7.99. The lowest BCUT2D eigenvalue weighted by Gasteiger charge is -2.05. The fourth-order valence-electron chi connectivity index (χ4n) is 1.19. The zero-order chi connectivity index (χ0) is 12.3. The van der Waals surface area contributed by atoms with Crippen LogP contribution < -0.4 is 5.73 Å². The Morgan fingerprint density at radius 1 is 1.59 bits per heavy atom. The molecular weight excluding hydrogens is 240 g/mol. The van der Waals surface area contributed by atoms with Gasteiger partial charge in [-0.15, -0.1) is 10.2 Å². The molecule has 0 radical (unpaired) electrons. The molecule has 0 unspecified atom stereocenters. The fraction of sp³-hybridized carbons (Fsp3) is 0.111. The van der Waals surface area contributed by atoms with E-state index in [-0.39, 0.29) is 5.84 Å². The van der Waals surface area contributed by atoms with Crippen LogP contribution in [-0.2, 0) is 7.05 Å². The average Bonchev–Trinajstić information content (AvgIpc) is 2.75. The molecule has 2 aromatic rings. The number of rotatable bonds is 3. The number of pyridine rings is 1. The molecule has 2 rings (SSSR count). The highest BCUT2D eigenvalue weighted by atomic mass is 32.2. The van der Waals surface area contributed by atoms with Crippen LogP contribution in [0, 0.1) is 0 Å². The number of oxime groups is 1. The molecule has 0 aromatic carbocycles. The number of nitrogens with zero attached hydrogens (tertiary/aromatic N) is 5. The van der Waals surface area contributed by atoms with Crippen LogP contribution in [0.2, 0.25) is 0 Å². The first-order valence-electron chi connectivity index (χ1n) is 4.66. The Bertz CT molecular complexity index is 552. The van der Waals surface area contributed by atoms with Gasteiger partial charge in [0.1, 0.15) is 6.33 Å². The summed E-state index contributed by atoms with van der Waals surface area (Å²) in [5.74, 6) is 0.0390. The zero-order valence-electron chi connectivity index (χ0n) is 8.98. The van der Waals surface area contributed by atoms with Gasteiger partial charge in [-0.1, -0.05) is 5.16 Å². The quantitative estimate of drug-likeness (QED) is 0.355. The molecule has 2 heterocycles. The summed E-state index contributed by atoms with van der Waals surface area (Å²) < 4.78 is 1.77. The fourth-order valence-corrected chi connectivity index (χ4v) is 2.06. The number of nitrogens with two attached hydrogens (primary N) is 1. The molecule has 0 saturated carbocycles. The molecule has 3 N–H and O–H groups in total. The van der Waals surface area contributed by atoms with Gasteiger partial charge in [0.2, 0.25) is 0 Å². The third-order valence-corrected chi connectivity index (χ3v) is 3.14. The lowest BCUT2D eigenvalue weighted by molar-refractivity contribution is 0.318. The SMILES string of the molecule is Cn1cnnc1Sc1cnccc1/C(N)=N/O. The van der Waals surface area contributed by atoms with Gasteiger partial charge in [0.25, 0.3) is 0 Å². The second-order valence-electron chi connectivity index (χ2n) is 3.18. The summed E-state index contributed by atoms with van der Waals surface area (Å²) in [5, 5.41) is 20.1. The average molecular weight is 250 g/mol. The van der Waals surface area contributed by atoms with E-state index in [0.717, 1.165) is 4.90 Å². The van der Waals surface area contributed by atoms with Crippen molar-refractivity contribution >= 4 is 17.6 Å². The van der Waals surface area contributed by atoms with Crippen LogP contribution in [0.25, 0.3) is 0 Å². The molecule has 0 aliphatic heterocycles. The van der Waals surface area contributed by atoms with Crippen LogP contribution in [0.1, 0.15) is 5.56 Å². The number of hydrogen-bond acceptors (Lipinski definition) is 6. The van der Waals surface area contributed by atoms with E-state index in [1.165, 1.54) is 11.8 Å². The zero-order valence-corrected chi connectivity index (χ0v) is 9.79. The molecule has 0 aliphatic carbocycles. The Labute approximate surface area is 101 Å². The van der Waals surface area contributed by atoms with E-state index in [9.17, 15) is 0 Å². The van der Waals surface area contributed by atoms with Gasteiger partial charge >= 0.3 is 0 Å². The molecule has 0 aliphatic rings. The molecule has 0 saturated heterocycles. The molecule has 0 fully saturated rings. The van der Waals surface area contributed by atoms with E-state index in [1.54, 1.807) is 29.4 Å². The first-order chi connectivity index (χ1) is 8.22. The minimum atomic E-state index is 0.0390. The lowest BCUT2D eigenvalue weighted by atomic mass is 10.2. The topological polar surface area (TPSA) is 102 Å². The highest BCUT2D eigenvalue weighted by Gasteiger charge is 2.11. The molecule has 0 spiro atoms. The summed E-state index contributed by atoms with van der Waals surface area (Å²) in [5.41, 5.74) is 6.19. The van der Waals surface area contributed by atoms with Crippen LogP contribution in [0.15, 0.2) is 40.0 Å². The summed E-state index contributed by atoms with van der Waals surface area (Å²) in [6.07, 6.45) is 4.81. The smallest absolute Gasteiger partial charge is 0.195 e. The van der Waals surface area contributed by atoms with Crippen LogP contribution in [0.5, 0.6) is 0 Å². The molecule has 17 heavy (non-hydrogen) atoms. The molecule has 0 atom stereocenters. The van der Waals surface area contributed by atoms with Crippen molar-refractivity contribution in [2.45, 2.75) is 10.1 Å². The summed E-state index contributed by atoms with van der Waals surface area (Å²) in [7, 11) is 1.84. The Morgan fingerprint density at radius 3 is 3.06 bits per heavy atom. The van der Waals surface area contributed by atoms with Crippen LogP contribution in [-0.4, -0.2) is 30.8 Å². The van der Waals surface area contributed by atoms with Crippen molar-refractivity contribution < 1.29 is 5.21 Å². The van der Waals surface area contributed by atoms with Crippen molar-refractivity contribution in [1.29, 1.82) is 0 Å². The number of amidine groups is 1. The van der Waals surface area contributed by atoms with Gasteiger partial charge < -0.3 is 15.5 Å². The predicted octanol–water partition coefficient (Wildman–Crippen LogP) is 0.456. The van der Waals surface area contributed by atoms with E-state index in [0.29, 0.717) is 10.7 Å². The predicted molar refractivity (Wildman–Crippen MR) is 61.9 cm³/mol. The van der Waals surface area contributed by atoms with Crippen molar-refractivity contribution in [3.05, 3.63) is 30.4 Å². The van der Waals surface area contributed by atoms with Gasteiger partial charge in [-0.05, 0) is 17.8 Å². The van der Waals surface area contributed by atoms with Gasteiger partial charge in [-0.3, -0.25) is 4.98 Å². The van der Waals surface area contributed by atoms with Crippen molar-refractivity contribution in [2.24, 2.45) is 17.9 Å². The normalized spacial score (nSPS) is 11.7. The van der Waals surface area contributed by atoms with Crippen LogP contribution in [0.3, 0.4) is 0 Å². The van der Waals surface area contributed by atoms with E-state index < -0.39 is 0 Å². The van der Waals surface area contributed by atoms with Gasteiger partial charge in [0, 0.05) is 29.9 Å². The van der Waals surface area contributed by atoms with E-state index >= 15 is 0 Å². The first kappa shape index (κ1) is 11.4. The van der Waals surface area contributed by atoms with Gasteiger partial charge in [-0.2, -0.15) is 0 Å². The monoisotopic (exact) mass is 250 g/mol. The summed E-state index contributed by atoms with van der Waals surface area (Å²) >= 11 is 1.35. The minimum Gasteiger partial charge on any atom is -0.409 e. The van der Waals surface area contributed by atoms with Gasteiger partial charge in [0.05, 0.1) is 0 Å². The first-order valence-corrected chi connectivity index (χ1v) is 5.47. The highest BCUT2D eigenvalue weighted by Crippen LogP contribution is 2.27. The van der Waals surface area contributed by atoms with Crippen LogP contribution in [0.4, 0.5) is 0 Å².